The predicted molar refractivity (Wildman–Crippen MR) is 71.6 cm³/mol. The fraction of sp³-hybridized carbons (Fsp3) is 0.692. The minimum atomic E-state index is -2.62. The van der Waals surface area contributed by atoms with Crippen molar-refractivity contribution in [3.8, 4) is 0 Å². The van der Waals surface area contributed by atoms with Crippen molar-refractivity contribution in [3.63, 3.8) is 0 Å². The maximum atomic E-state index is 6.15. The molecule has 0 spiro atoms. The Morgan fingerprint density at radius 1 is 1.00 bits per heavy atom. The average molecular weight is 256 g/mol. The molecule has 0 atom stereocenters. The van der Waals surface area contributed by atoms with Crippen LogP contribution in [0.3, 0.4) is 0 Å². The quantitative estimate of drug-likeness (QED) is 0.436. The van der Waals surface area contributed by atoms with Gasteiger partial charge in [-0.2, -0.15) is 0 Å². The fourth-order valence-electron chi connectivity index (χ4n) is 1.66. The second-order valence-corrected chi connectivity index (χ2v) is 7.69. The molecule has 0 amide bonds. The van der Waals surface area contributed by atoms with Crippen molar-refractivity contribution in [2.24, 2.45) is 0 Å². The molecular weight excluding hydrogens is 232 g/mol. The van der Waals surface area contributed by atoms with E-state index >= 15 is 0 Å². The molecule has 0 aliphatic carbocycles. The molecule has 0 aromatic rings. The summed E-state index contributed by atoms with van der Waals surface area (Å²) in [7, 11) is -2.62. The van der Waals surface area contributed by atoms with Crippen molar-refractivity contribution in [1.82, 2.24) is 0 Å². The van der Waals surface area contributed by atoms with Crippen LogP contribution in [0, 0.1) is 0 Å². The van der Waals surface area contributed by atoms with Gasteiger partial charge in [-0.15, -0.1) is 0 Å². The summed E-state index contributed by atoms with van der Waals surface area (Å²) in [5, 5.41) is 0. The maximum Gasteiger partial charge on any atom is 0.570 e. The fourth-order valence-corrected chi connectivity index (χ4v) is 4.97. The van der Waals surface area contributed by atoms with Crippen molar-refractivity contribution in [2.45, 2.75) is 58.8 Å². The largest absolute Gasteiger partial charge is 0.570 e. The van der Waals surface area contributed by atoms with Gasteiger partial charge in [-0.05, 0) is 41.5 Å². The lowest BCUT2D eigenvalue weighted by molar-refractivity contribution is 0.00578. The summed E-state index contributed by atoms with van der Waals surface area (Å²) in [6.07, 6.45) is 7.58. The van der Waals surface area contributed by atoms with Gasteiger partial charge < -0.3 is 13.3 Å². The van der Waals surface area contributed by atoms with Gasteiger partial charge in [0.05, 0.1) is 17.5 Å². The van der Waals surface area contributed by atoms with Crippen LogP contribution in [-0.2, 0) is 13.3 Å². The van der Waals surface area contributed by atoms with Crippen LogP contribution in [0.25, 0.3) is 0 Å². The second-order valence-electron chi connectivity index (χ2n) is 5.27. The third-order valence-electron chi connectivity index (χ3n) is 3.26. The Morgan fingerprint density at radius 3 is 1.94 bits per heavy atom. The van der Waals surface area contributed by atoms with E-state index in [1.165, 1.54) is 0 Å². The van der Waals surface area contributed by atoms with Crippen LogP contribution in [0.1, 0.15) is 41.5 Å². The van der Waals surface area contributed by atoms with E-state index < -0.39 is 8.80 Å². The third-order valence-corrected chi connectivity index (χ3v) is 6.13. The third kappa shape index (κ3) is 3.00. The zero-order valence-electron chi connectivity index (χ0n) is 11.7. The van der Waals surface area contributed by atoms with Crippen molar-refractivity contribution < 1.29 is 13.3 Å². The smallest absolute Gasteiger partial charge is 0.508 e. The van der Waals surface area contributed by atoms with Gasteiger partial charge in [0, 0.05) is 6.04 Å². The van der Waals surface area contributed by atoms with Crippen molar-refractivity contribution in [1.29, 1.82) is 0 Å². The summed E-state index contributed by atoms with van der Waals surface area (Å²) >= 11 is 0. The minimum Gasteiger partial charge on any atom is -0.508 e. The summed E-state index contributed by atoms with van der Waals surface area (Å²) in [6.45, 7) is 12.1. The number of hydrogen-bond donors (Lipinski definition) is 0. The van der Waals surface area contributed by atoms with Gasteiger partial charge in [0.1, 0.15) is 0 Å². The second kappa shape index (κ2) is 4.96. The topological polar surface area (TPSA) is 27.7 Å². The standard InChI is InChI=1S/C13H24O3Si/c1-7-9-11-17(14-10-8-2)15-12(3,4)13(5,6)16-17/h7-10H,11H2,1-6H3/b9-7-,10-8-. The normalized spacial score (nSPS) is 25.8. The zero-order chi connectivity index (χ0) is 13.2. The van der Waals surface area contributed by atoms with Crippen molar-refractivity contribution in [3.05, 3.63) is 24.5 Å². The molecule has 0 unspecified atom stereocenters. The van der Waals surface area contributed by atoms with E-state index in [0.29, 0.717) is 6.04 Å². The molecule has 3 nitrogen and oxygen atoms in total. The molecule has 0 aromatic heterocycles. The van der Waals surface area contributed by atoms with Crippen LogP contribution in [0.15, 0.2) is 24.5 Å². The minimum absolute atomic E-state index is 0.331. The number of hydrogen-bond acceptors (Lipinski definition) is 3. The molecule has 0 N–H and O–H groups in total. The lowest BCUT2D eigenvalue weighted by Crippen LogP contribution is -2.41. The molecule has 1 aliphatic heterocycles. The van der Waals surface area contributed by atoms with Crippen LogP contribution in [0.2, 0.25) is 6.04 Å². The van der Waals surface area contributed by atoms with Crippen LogP contribution >= 0.6 is 0 Å². The molecule has 1 aliphatic rings. The van der Waals surface area contributed by atoms with E-state index in [2.05, 4.69) is 27.7 Å². The first-order valence-electron chi connectivity index (χ1n) is 6.09. The molecule has 98 valence electrons. The van der Waals surface area contributed by atoms with Gasteiger partial charge in [0.2, 0.25) is 0 Å². The van der Waals surface area contributed by atoms with Crippen LogP contribution in [0.5, 0.6) is 0 Å². The molecule has 0 bridgehead atoms. The summed E-state index contributed by atoms with van der Waals surface area (Å²) in [6, 6.07) is 0.709. The molecule has 17 heavy (non-hydrogen) atoms. The Balaban J connectivity index is 2.94. The van der Waals surface area contributed by atoms with Gasteiger partial charge in [-0.1, -0.05) is 18.2 Å². The lowest BCUT2D eigenvalue weighted by atomic mass is 9.90. The van der Waals surface area contributed by atoms with Gasteiger partial charge >= 0.3 is 8.80 Å². The van der Waals surface area contributed by atoms with Gasteiger partial charge in [-0.3, -0.25) is 0 Å². The zero-order valence-corrected chi connectivity index (χ0v) is 12.7. The van der Waals surface area contributed by atoms with Crippen LogP contribution in [-0.4, -0.2) is 20.0 Å². The molecule has 0 radical (unpaired) electrons. The van der Waals surface area contributed by atoms with E-state index in [9.17, 15) is 0 Å². The molecular formula is C13H24O3Si. The van der Waals surface area contributed by atoms with Crippen molar-refractivity contribution in [2.75, 3.05) is 0 Å². The van der Waals surface area contributed by atoms with E-state index in [-0.39, 0.29) is 11.2 Å². The SMILES string of the molecule is C/C=C\C[Si]1(O/C=C\C)OC(C)(C)C(C)(C)O1. The Labute approximate surface area is 106 Å². The monoisotopic (exact) mass is 256 g/mol. The Morgan fingerprint density at radius 2 is 1.53 bits per heavy atom. The van der Waals surface area contributed by atoms with Gasteiger partial charge in [0.25, 0.3) is 0 Å². The molecule has 4 heteroatoms. The first-order valence-corrected chi connectivity index (χ1v) is 8.02. The highest BCUT2D eigenvalue weighted by Crippen LogP contribution is 2.43. The summed E-state index contributed by atoms with van der Waals surface area (Å²) in [5.41, 5.74) is -0.662. The van der Waals surface area contributed by atoms with Crippen LogP contribution < -0.4 is 0 Å². The Bertz CT molecular complexity index is 287. The summed E-state index contributed by atoms with van der Waals surface area (Å²) < 4.78 is 18.1. The molecule has 1 fully saturated rings. The molecule has 0 saturated carbocycles. The highest BCUT2D eigenvalue weighted by Gasteiger charge is 2.62. The van der Waals surface area contributed by atoms with E-state index in [1.54, 1.807) is 6.26 Å². The lowest BCUT2D eigenvalue weighted by Gasteiger charge is -2.31. The Kier molecular flexibility index (Phi) is 4.22. The van der Waals surface area contributed by atoms with E-state index in [0.717, 1.165) is 0 Å². The molecule has 1 rings (SSSR count). The van der Waals surface area contributed by atoms with Crippen LogP contribution in [0.4, 0.5) is 0 Å². The van der Waals surface area contributed by atoms with Gasteiger partial charge in [0.15, 0.2) is 0 Å². The first-order chi connectivity index (χ1) is 7.79. The first kappa shape index (κ1) is 14.5. The van der Waals surface area contributed by atoms with Gasteiger partial charge in [-0.25, -0.2) is 0 Å². The molecule has 1 heterocycles. The van der Waals surface area contributed by atoms with E-state index in [1.807, 2.05) is 32.1 Å². The van der Waals surface area contributed by atoms with E-state index in [4.69, 9.17) is 13.3 Å². The number of rotatable bonds is 4. The maximum absolute atomic E-state index is 6.15. The Hall–Kier alpha value is -0.583. The average Bonchev–Trinajstić information content (AvgIpc) is 2.40. The highest BCUT2D eigenvalue weighted by molar-refractivity contribution is 6.62. The van der Waals surface area contributed by atoms with Crippen molar-refractivity contribution >= 4 is 8.80 Å². The summed E-state index contributed by atoms with van der Waals surface area (Å²) in [5.74, 6) is 0. The molecule has 1 saturated heterocycles. The number of allylic oxidation sites excluding steroid dienone is 3. The molecule has 0 aromatic carbocycles. The predicted octanol–water partition coefficient (Wildman–Crippen LogP) is 3.66. The summed E-state index contributed by atoms with van der Waals surface area (Å²) in [4.78, 5) is 0. The highest BCUT2D eigenvalue weighted by atomic mass is 28.4.